The lowest BCUT2D eigenvalue weighted by molar-refractivity contribution is 0.0818. The third kappa shape index (κ3) is 2.76. The number of rotatable bonds is 3. The highest BCUT2D eigenvalue weighted by Crippen LogP contribution is 2.42. The Hall–Kier alpha value is -0.860. The lowest BCUT2D eigenvalue weighted by atomic mass is 9.67. The molecular weight excluding hydrogens is 256 g/mol. The van der Waals surface area contributed by atoms with Crippen LogP contribution in [0.3, 0.4) is 0 Å². The van der Waals surface area contributed by atoms with Gasteiger partial charge in [-0.25, -0.2) is 0 Å². The summed E-state index contributed by atoms with van der Waals surface area (Å²) in [6, 6.07) is 10.4. The van der Waals surface area contributed by atoms with Gasteiger partial charge in [0.05, 0.1) is 0 Å². The topological polar surface area (TPSA) is 15.3 Å². The number of hydrogen-bond donors (Lipinski definition) is 1. The largest absolute Gasteiger partial charge is 0.314 e. The predicted octanol–water partition coefficient (Wildman–Crippen LogP) is 3.11. The van der Waals surface area contributed by atoms with Crippen LogP contribution >= 0.6 is 0 Å². The van der Waals surface area contributed by atoms with Crippen molar-refractivity contribution in [1.82, 2.24) is 10.2 Å². The number of hydrogen-bond acceptors (Lipinski definition) is 2. The van der Waals surface area contributed by atoms with Crippen molar-refractivity contribution in [2.24, 2.45) is 0 Å². The highest BCUT2D eigenvalue weighted by atomic mass is 15.1. The van der Waals surface area contributed by atoms with Gasteiger partial charge in [-0.15, -0.1) is 0 Å². The zero-order chi connectivity index (χ0) is 14.1. The normalized spacial score (nSPS) is 35.8. The maximum absolute atomic E-state index is 3.67. The summed E-state index contributed by atoms with van der Waals surface area (Å²) in [5.41, 5.74) is 3.64. The van der Waals surface area contributed by atoms with Gasteiger partial charge in [0.25, 0.3) is 0 Å². The number of fused-ring (bicyclic) bond motifs is 3. The summed E-state index contributed by atoms with van der Waals surface area (Å²) >= 11 is 0. The van der Waals surface area contributed by atoms with Gasteiger partial charge in [-0.1, -0.05) is 30.7 Å². The molecule has 2 bridgehead atoms. The Morgan fingerprint density at radius 2 is 1.71 bits per heavy atom. The van der Waals surface area contributed by atoms with Crippen molar-refractivity contribution in [3.05, 3.63) is 35.4 Å². The Kier molecular flexibility index (Phi) is 3.76. The summed E-state index contributed by atoms with van der Waals surface area (Å²) in [5.74, 6) is 0. The molecule has 5 rings (SSSR count). The van der Waals surface area contributed by atoms with Gasteiger partial charge in [0.1, 0.15) is 0 Å². The first-order chi connectivity index (χ1) is 10.3. The van der Waals surface area contributed by atoms with Crippen molar-refractivity contribution >= 4 is 0 Å². The second-order valence-electron chi connectivity index (χ2n) is 7.42. The summed E-state index contributed by atoms with van der Waals surface area (Å²) in [7, 11) is 0. The number of nitrogens with one attached hydrogen (secondary N) is 1. The van der Waals surface area contributed by atoms with Gasteiger partial charge in [-0.2, -0.15) is 0 Å². The van der Waals surface area contributed by atoms with Crippen molar-refractivity contribution < 1.29 is 0 Å². The average molecular weight is 284 g/mol. The third-order valence-electron chi connectivity index (χ3n) is 6.18. The molecule has 4 aliphatic heterocycles. The van der Waals surface area contributed by atoms with Crippen LogP contribution in [-0.2, 0) is 11.8 Å². The second-order valence-corrected chi connectivity index (χ2v) is 7.42. The Bertz CT molecular complexity index is 451. The average Bonchev–Trinajstić information content (AvgIpc) is 2.58. The Labute approximate surface area is 128 Å². The van der Waals surface area contributed by atoms with Gasteiger partial charge in [-0.05, 0) is 81.2 Å². The molecular formula is C19H28N2. The first-order valence-electron chi connectivity index (χ1n) is 8.89. The molecule has 1 N–H and O–H groups in total. The monoisotopic (exact) mass is 284 g/mol. The maximum Gasteiger partial charge on any atom is 0.0107 e. The van der Waals surface area contributed by atoms with Crippen LogP contribution in [0.2, 0.25) is 0 Å². The standard InChI is InChI=1S/C19H28N2/c1-2-11-20-18(3-1)15-16-4-6-17(7-5-16)19-8-12-21(13-9-19)14-10-19/h4-7,18,20H,1-3,8-15H2. The van der Waals surface area contributed by atoms with E-state index in [9.17, 15) is 0 Å². The molecule has 1 aromatic carbocycles. The lowest BCUT2D eigenvalue weighted by Crippen LogP contribution is -2.50. The summed E-state index contributed by atoms with van der Waals surface area (Å²) in [6.07, 6.45) is 9.43. The molecule has 0 spiro atoms. The quantitative estimate of drug-likeness (QED) is 0.917. The van der Waals surface area contributed by atoms with Crippen molar-refractivity contribution in [1.29, 1.82) is 0 Å². The molecule has 0 amide bonds. The van der Waals surface area contributed by atoms with E-state index in [-0.39, 0.29) is 0 Å². The van der Waals surface area contributed by atoms with Crippen molar-refractivity contribution in [2.45, 2.75) is 56.4 Å². The van der Waals surface area contributed by atoms with Gasteiger partial charge >= 0.3 is 0 Å². The van der Waals surface area contributed by atoms with E-state index in [0.717, 1.165) is 0 Å². The highest BCUT2D eigenvalue weighted by molar-refractivity contribution is 5.31. The van der Waals surface area contributed by atoms with E-state index in [4.69, 9.17) is 0 Å². The molecule has 21 heavy (non-hydrogen) atoms. The van der Waals surface area contributed by atoms with E-state index in [1.54, 1.807) is 5.56 Å². The molecule has 2 nitrogen and oxygen atoms in total. The van der Waals surface area contributed by atoms with E-state index in [2.05, 4.69) is 34.5 Å². The van der Waals surface area contributed by atoms with Crippen LogP contribution in [0.4, 0.5) is 0 Å². The molecule has 4 saturated heterocycles. The minimum atomic E-state index is 0.510. The van der Waals surface area contributed by atoms with Gasteiger partial charge in [0, 0.05) is 6.04 Å². The van der Waals surface area contributed by atoms with Crippen LogP contribution in [0, 0.1) is 0 Å². The van der Waals surface area contributed by atoms with Gasteiger partial charge < -0.3 is 10.2 Å². The Morgan fingerprint density at radius 3 is 2.33 bits per heavy atom. The molecule has 2 heteroatoms. The smallest absolute Gasteiger partial charge is 0.0107 e. The molecule has 0 aromatic heterocycles. The Balaban J connectivity index is 1.45. The minimum absolute atomic E-state index is 0.510. The van der Waals surface area contributed by atoms with Crippen LogP contribution in [-0.4, -0.2) is 37.1 Å². The molecule has 4 heterocycles. The minimum Gasteiger partial charge on any atom is -0.314 e. The SMILES string of the molecule is c1cc(C23CCN(CC2)CC3)ccc1CC1CCCCN1. The fraction of sp³-hybridized carbons (Fsp3) is 0.684. The van der Waals surface area contributed by atoms with E-state index >= 15 is 0 Å². The molecule has 0 saturated carbocycles. The predicted molar refractivity (Wildman–Crippen MR) is 87.8 cm³/mol. The van der Waals surface area contributed by atoms with E-state index < -0.39 is 0 Å². The van der Waals surface area contributed by atoms with Crippen LogP contribution in [0.5, 0.6) is 0 Å². The molecule has 4 aliphatic rings. The summed E-state index contributed by atoms with van der Waals surface area (Å²) in [6.45, 7) is 5.15. The number of nitrogens with zero attached hydrogens (tertiary/aromatic N) is 1. The maximum atomic E-state index is 3.67. The fourth-order valence-electron chi connectivity index (χ4n) is 4.64. The summed E-state index contributed by atoms with van der Waals surface area (Å²) in [5, 5.41) is 3.67. The molecule has 114 valence electrons. The Morgan fingerprint density at radius 1 is 1.00 bits per heavy atom. The number of benzene rings is 1. The lowest BCUT2D eigenvalue weighted by Gasteiger charge is -2.49. The molecule has 1 atom stereocenters. The second kappa shape index (κ2) is 5.73. The molecule has 0 aliphatic carbocycles. The fourth-order valence-corrected chi connectivity index (χ4v) is 4.64. The first-order valence-corrected chi connectivity index (χ1v) is 8.89. The van der Waals surface area contributed by atoms with E-state index in [0.29, 0.717) is 11.5 Å². The van der Waals surface area contributed by atoms with E-state index in [1.807, 2.05) is 0 Å². The third-order valence-corrected chi connectivity index (χ3v) is 6.18. The van der Waals surface area contributed by atoms with Gasteiger partial charge in [0.2, 0.25) is 0 Å². The van der Waals surface area contributed by atoms with Crippen LogP contribution in [0.15, 0.2) is 24.3 Å². The molecule has 1 aromatic rings. The van der Waals surface area contributed by atoms with Crippen molar-refractivity contribution in [2.75, 3.05) is 26.2 Å². The zero-order valence-electron chi connectivity index (χ0n) is 13.1. The summed E-state index contributed by atoms with van der Waals surface area (Å²) < 4.78 is 0. The summed E-state index contributed by atoms with van der Waals surface area (Å²) in [4.78, 5) is 2.63. The van der Waals surface area contributed by atoms with Crippen LogP contribution in [0.25, 0.3) is 0 Å². The van der Waals surface area contributed by atoms with E-state index in [1.165, 1.54) is 76.7 Å². The van der Waals surface area contributed by atoms with Gasteiger partial charge in [0.15, 0.2) is 0 Å². The van der Waals surface area contributed by atoms with Crippen LogP contribution < -0.4 is 5.32 Å². The van der Waals surface area contributed by atoms with Crippen molar-refractivity contribution in [3.63, 3.8) is 0 Å². The zero-order valence-corrected chi connectivity index (χ0v) is 13.1. The molecule has 0 radical (unpaired) electrons. The molecule has 4 fully saturated rings. The van der Waals surface area contributed by atoms with Crippen LogP contribution in [0.1, 0.15) is 49.7 Å². The van der Waals surface area contributed by atoms with Crippen molar-refractivity contribution in [3.8, 4) is 0 Å². The molecule has 1 unspecified atom stereocenters. The number of piperidine rings is 4. The first kappa shape index (κ1) is 13.8. The van der Waals surface area contributed by atoms with Gasteiger partial charge in [-0.3, -0.25) is 0 Å². The highest BCUT2D eigenvalue weighted by Gasteiger charge is 2.40.